The zero-order valence-electron chi connectivity index (χ0n) is 16.3. The van der Waals surface area contributed by atoms with Crippen LogP contribution in [0.4, 0.5) is 14.5 Å². The number of alkyl halides is 2. The average molecular weight is 431 g/mol. The monoisotopic (exact) mass is 431 g/mol. The Kier molecular flexibility index (Phi) is 6.92. The Balaban J connectivity index is 1.72. The van der Waals surface area contributed by atoms with Crippen molar-refractivity contribution in [3.05, 3.63) is 65.2 Å². The Morgan fingerprint density at radius 3 is 2.80 bits per heavy atom. The molecule has 0 radical (unpaired) electrons. The van der Waals surface area contributed by atoms with Crippen LogP contribution in [-0.4, -0.2) is 40.3 Å². The van der Waals surface area contributed by atoms with Crippen molar-refractivity contribution in [2.75, 3.05) is 18.5 Å². The van der Waals surface area contributed by atoms with E-state index in [0.29, 0.717) is 18.7 Å². The van der Waals surface area contributed by atoms with Crippen molar-refractivity contribution >= 4 is 38.1 Å². The number of hydrogen-bond acceptors (Lipinski definition) is 6. The predicted octanol–water partition coefficient (Wildman–Crippen LogP) is 2.56. The fraction of sp³-hybridized carbons (Fsp3) is 0.238. The van der Waals surface area contributed by atoms with Crippen LogP contribution in [0.5, 0.6) is 0 Å². The third kappa shape index (κ3) is 5.08. The van der Waals surface area contributed by atoms with Gasteiger partial charge in [-0.25, -0.2) is 8.78 Å². The molecule has 0 saturated heterocycles. The highest BCUT2D eigenvalue weighted by molar-refractivity contribution is 7.27. The number of rotatable bonds is 8. The summed E-state index contributed by atoms with van der Waals surface area (Å²) >= 11 is 0. The maximum absolute atomic E-state index is 13.5. The van der Waals surface area contributed by atoms with Crippen LogP contribution < -0.4 is 16.4 Å². The molecule has 1 atom stereocenters. The smallest absolute Gasteiger partial charge is 0.283 e. The summed E-state index contributed by atoms with van der Waals surface area (Å²) in [6, 6.07) is 5.75. The minimum atomic E-state index is -3.10. The average Bonchev–Trinajstić information content (AvgIpc) is 3.11. The second kappa shape index (κ2) is 9.43. The van der Waals surface area contributed by atoms with Gasteiger partial charge in [-0.15, -0.1) is 9.24 Å². The molecule has 2 heterocycles. The Bertz CT molecular complexity index is 993. The number of fused-ring (bicyclic) bond motifs is 1. The molecular formula is C21H24F2N5OP. The van der Waals surface area contributed by atoms with E-state index in [2.05, 4.69) is 19.5 Å². The normalized spacial score (nSPS) is 14.9. The highest BCUT2D eigenvalue weighted by Gasteiger charge is 2.33. The minimum Gasteiger partial charge on any atom is -0.404 e. The number of aliphatic hydroxyl groups is 1. The third-order valence-corrected chi connectivity index (χ3v) is 5.26. The number of nitrogens with zero attached hydrogens (tertiary/aromatic N) is 2. The van der Waals surface area contributed by atoms with Gasteiger partial charge in [0.25, 0.3) is 5.92 Å². The molecule has 6 nitrogen and oxygen atoms in total. The molecule has 5 N–H and O–H groups in total. The van der Waals surface area contributed by atoms with Gasteiger partial charge >= 0.3 is 0 Å². The van der Waals surface area contributed by atoms with E-state index in [-0.39, 0.29) is 0 Å². The van der Waals surface area contributed by atoms with E-state index in [0.717, 1.165) is 33.2 Å². The van der Waals surface area contributed by atoms with Gasteiger partial charge in [0.15, 0.2) is 0 Å². The quantitative estimate of drug-likeness (QED) is 0.381. The molecule has 1 aliphatic rings. The van der Waals surface area contributed by atoms with Crippen LogP contribution in [0.2, 0.25) is 0 Å². The lowest BCUT2D eigenvalue weighted by molar-refractivity contribution is -0.0738. The van der Waals surface area contributed by atoms with E-state index in [1.165, 1.54) is 12.4 Å². The zero-order valence-corrected chi connectivity index (χ0v) is 17.4. The van der Waals surface area contributed by atoms with Gasteiger partial charge in [0.2, 0.25) is 0 Å². The molecule has 0 bridgehead atoms. The summed E-state index contributed by atoms with van der Waals surface area (Å²) in [5.74, 6) is -3.10. The van der Waals surface area contributed by atoms with E-state index in [1.807, 2.05) is 24.3 Å². The maximum Gasteiger partial charge on any atom is 0.283 e. The second-order valence-electron chi connectivity index (χ2n) is 7.08. The van der Waals surface area contributed by atoms with Crippen LogP contribution in [0.25, 0.3) is 11.6 Å². The Morgan fingerprint density at radius 1 is 1.33 bits per heavy atom. The largest absolute Gasteiger partial charge is 0.404 e. The van der Waals surface area contributed by atoms with Gasteiger partial charge in [-0.2, -0.15) is 0 Å². The minimum absolute atomic E-state index is 0.414. The number of nitrogens with one attached hydrogen (secondary N) is 2. The summed E-state index contributed by atoms with van der Waals surface area (Å²) in [5, 5.41) is 20.4. The highest BCUT2D eigenvalue weighted by Crippen LogP contribution is 2.28. The predicted molar refractivity (Wildman–Crippen MR) is 120 cm³/mol. The number of halogens is 2. The van der Waals surface area contributed by atoms with Gasteiger partial charge in [0.05, 0.1) is 6.54 Å². The van der Waals surface area contributed by atoms with Crippen LogP contribution in [0.1, 0.15) is 22.3 Å². The van der Waals surface area contributed by atoms with Gasteiger partial charge in [0.1, 0.15) is 6.61 Å². The van der Waals surface area contributed by atoms with Crippen molar-refractivity contribution in [1.82, 2.24) is 9.88 Å². The molecule has 0 fully saturated rings. The lowest BCUT2D eigenvalue weighted by Gasteiger charge is -2.21. The van der Waals surface area contributed by atoms with Crippen molar-refractivity contribution in [3.63, 3.8) is 0 Å². The van der Waals surface area contributed by atoms with Crippen molar-refractivity contribution in [2.24, 2.45) is 5.73 Å². The fourth-order valence-corrected chi connectivity index (χ4v) is 3.85. The fourth-order valence-electron chi connectivity index (χ4n) is 3.43. The highest BCUT2D eigenvalue weighted by atomic mass is 31.0. The molecule has 2 aromatic rings. The summed E-state index contributed by atoms with van der Waals surface area (Å²) in [6.45, 7) is -0.761. The van der Waals surface area contributed by atoms with Gasteiger partial charge in [-0.1, -0.05) is 6.07 Å². The lowest BCUT2D eigenvalue weighted by Crippen LogP contribution is -2.36. The number of allylic oxidation sites excluding steroid dienone is 1. The molecule has 158 valence electrons. The Hall–Kier alpha value is -2.67. The standard InChI is InChI=1S/C21H24F2N5OP/c22-21(23,13-29)12-28-10-15-1-2-18(5-16(15)11-28)27-4-3-14-8-26-9-19(30)20(14)17(6-24)7-25/h1-9,24,27,29H,10-13,25,30H2/b4-3+,17-7+,24-6?. The molecule has 3 rings (SSSR count). The first-order valence-corrected chi connectivity index (χ1v) is 9.86. The van der Waals surface area contributed by atoms with Crippen LogP contribution in [-0.2, 0) is 13.1 Å². The van der Waals surface area contributed by atoms with Gasteiger partial charge in [-0.3, -0.25) is 9.88 Å². The zero-order chi connectivity index (χ0) is 21.7. The summed E-state index contributed by atoms with van der Waals surface area (Å²) in [5.41, 5.74) is 10.6. The van der Waals surface area contributed by atoms with Crippen molar-refractivity contribution in [1.29, 1.82) is 5.41 Å². The van der Waals surface area contributed by atoms with E-state index in [1.54, 1.807) is 23.5 Å². The van der Waals surface area contributed by atoms with E-state index < -0.39 is 19.1 Å². The first kappa shape index (κ1) is 22.0. The first-order valence-electron chi connectivity index (χ1n) is 9.29. The molecule has 1 unspecified atom stereocenters. The molecule has 1 aliphatic heterocycles. The van der Waals surface area contributed by atoms with Crippen LogP contribution >= 0.6 is 9.24 Å². The summed E-state index contributed by atoms with van der Waals surface area (Å²) in [6.07, 6.45) is 9.55. The van der Waals surface area contributed by atoms with E-state index in [4.69, 9.17) is 16.2 Å². The number of hydrogen-bond donors (Lipinski definition) is 4. The van der Waals surface area contributed by atoms with Crippen LogP contribution in [0.15, 0.2) is 43.0 Å². The van der Waals surface area contributed by atoms with E-state index >= 15 is 0 Å². The number of aromatic nitrogens is 1. The summed E-state index contributed by atoms with van der Waals surface area (Å²) in [4.78, 5) is 5.81. The molecule has 9 heteroatoms. The number of benzene rings is 1. The SMILES string of the molecule is N=C/C(=C\N)c1c(P)cncc1/C=C/Nc1ccc2c(c1)CN(CC(F)(F)CO)C2. The van der Waals surface area contributed by atoms with Crippen molar-refractivity contribution in [2.45, 2.75) is 19.0 Å². The summed E-state index contributed by atoms with van der Waals surface area (Å²) < 4.78 is 26.9. The molecule has 0 aliphatic carbocycles. The van der Waals surface area contributed by atoms with Gasteiger partial charge in [0, 0.05) is 66.5 Å². The Morgan fingerprint density at radius 2 is 2.10 bits per heavy atom. The number of pyridine rings is 1. The maximum atomic E-state index is 13.5. The third-order valence-electron chi connectivity index (χ3n) is 4.82. The number of nitrogens with two attached hydrogens (primary N) is 1. The molecule has 1 aromatic carbocycles. The molecule has 30 heavy (non-hydrogen) atoms. The molecule has 0 amide bonds. The van der Waals surface area contributed by atoms with E-state index in [9.17, 15) is 8.78 Å². The van der Waals surface area contributed by atoms with Crippen molar-refractivity contribution in [3.8, 4) is 0 Å². The number of aliphatic hydroxyl groups excluding tert-OH is 1. The number of anilines is 1. The molecule has 0 saturated carbocycles. The second-order valence-corrected chi connectivity index (χ2v) is 7.70. The summed E-state index contributed by atoms with van der Waals surface area (Å²) in [7, 11) is 2.59. The first-order chi connectivity index (χ1) is 14.4. The van der Waals surface area contributed by atoms with Gasteiger partial charge in [-0.05, 0) is 34.6 Å². The molecular weight excluding hydrogens is 407 g/mol. The van der Waals surface area contributed by atoms with Crippen molar-refractivity contribution < 1.29 is 13.9 Å². The van der Waals surface area contributed by atoms with Crippen LogP contribution in [0, 0.1) is 5.41 Å². The van der Waals surface area contributed by atoms with Crippen LogP contribution in [0.3, 0.4) is 0 Å². The molecule has 0 spiro atoms. The lowest BCUT2D eigenvalue weighted by atomic mass is 10.0. The topological polar surface area (TPSA) is 98.3 Å². The Labute approximate surface area is 176 Å². The molecule has 1 aromatic heterocycles. The van der Waals surface area contributed by atoms with Gasteiger partial charge < -0.3 is 21.6 Å².